The third-order valence-electron chi connectivity index (χ3n) is 7.81. The first-order valence-electron chi connectivity index (χ1n) is 15.5. The Balaban J connectivity index is 3.47. The molecule has 6 amide bonds. The molecule has 0 aromatic rings. The van der Waals surface area contributed by atoms with Crippen molar-refractivity contribution < 1.29 is 43.8 Å². The Labute approximate surface area is 265 Å². The first kappa shape index (κ1) is 39.1. The van der Waals surface area contributed by atoms with Gasteiger partial charge in [-0.15, -0.1) is 0 Å². The van der Waals surface area contributed by atoms with Crippen molar-refractivity contribution in [1.82, 2.24) is 31.5 Å². The topological polar surface area (TPSA) is 223 Å². The summed E-state index contributed by atoms with van der Waals surface area (Å²) in [6, 6.07) is -6.28. The van der Waals surface area contributed by atoms with E-state index in [-0.39, 0.29) is 31.3 Å². The van der Waals surface area contributed by atoms with Crippen molar-refractivity contribution in [3.63, 3.8) is 0 Å². The van der Waals surface area contributed by atoms with E-state index in [1.807, 2.05) is 13.8 Å². The first-order chi connectivity index (χ1) is 20.9. The van der Waals surface area contributed by atoms with Crippen LogP contribution in [-0.4, -0.2) is 101 Å². The quantitative estimate of drug-likeness (QED) is 0.134. The number of rotatable bonds is 15. The number of carbonyl (C=O) groups excluding carboxylic acids is 5. The highest BCUT2D eigenvalue weighted by Gasteiger charge is 2.47. The maximum Gasteiger partial charge on any atom is 0.326 e. The third kappa shape index (κ3) is 11.8. The summed E-state index contributed by atoms with van der Waals surface area (Å²) in [6.07, 6.45) is 1.12. The highest BCUT2D eigenvalue weighted by molar-refractivity contribution is 5.99. The zero-order chi connectivity index (χ0) is 34.6. The molecule has 0 bridgehead atoms. The Hall–Kier alpha value is -3.91. The number of carboxylic acids is 2. The number of nitrogens with one attached hydrogen (secondary N) is 5. The molecule has 1 aliphatic rings. The normalized spacial score (nSPS) is 18.8. The summed E-state index contributed by atoms with van der Waals surface area (Å²) in [5, 5.41) is 31.8. The average Bonchev–Trinajstić information content (AvgIpc) is 2.95. The van der Waals surface area contributed by atoms with Crippen LogP contribution in [0.4, 0.5) is 4.79 Å². The molecule has 15 nitrogen and oxygen atoms in total. The fraction of sp³-hybridized carbons (Fsp3) is 0.767. The minimum atomic E-state index is -1.70. The second-order valence-electron chi connectivity index (χ2n) is 13.0. The fourth-order valence-corrected chi connectivity index (χ4v) is 5.30. The van der Waals surface area contributed by atoms with Crippen LogP contribution in [0.2, 0.25) is 0 Å². The van der Waals surface area contributed by atoms with Crippen LogP contribution in [0.1, 0.15) is 87.0 Å². The molecule has 2 unspecified atom stereocenters. The lowest BCUT2D eigenvalue weighted by molar-refractivity contribution is -0.152. The summed E-state index contributed by atoms with van der Waals surface area (Å²) < 4.78 is 0. The third-order valence-corrected chi connectivity index (χ3v) is 7.81. The Kier molecular flexibility index (Phi) is 15.2. The van der Waals surface area contributed by atoms with Crippen LogP contribution in [0.5, 0.6) is 0 Å². The van der Waals surface area contributed by atoms with Crippen LogP contribution in [0.3, 0.4) is 0 Å². The summed E-state index contributed by atoms with van der Waals surface area (Å²) >= 11 is 0. The molecule has 256 valence electrons. The van der Waals surface area contributed by atoms with Crippen molar-refractivity contribution in [2.24, 2.45) is 17.3 Å². The Morgan fingerprint density at radius 1 is 0.867 bits per heavy atom. The molecule has 1 rings (SSSR count). The van der Waals surface area contributed by atoms with Crippen LogP contribution >= 0.6 is 0 Å². The Morgan fingerprint density at radius 2 is 1.47 bits per heavy atom. The molecule has 0 aromatic heterocycles. The number of likely N-dealkylation sites (tertiary alicyclic amines) is 1. The SMILES string of the molecule is CCC(CC)NC(=O)N[C@H](C(=O)N1CCCC(C(=O)NC)C1C(=O)N[C@@H](CC(=O)O)C(=O)N[C@@H](CC(C)C)C(=O)O)C(C)(C)C. The molecule has 7 N–H and O–H groups in total. The maximum atomic E-state index is 14.1. The van der Waals surface area contributed by atoms with Gasteiger partial charge in [-0.25, -0.2) is 9.59 Å². The number of carbonyl (C=O) groups is 7. The highest BCUT2D eigenvalue weighted by Crippen LogP contribution is 2.29. The van der Waals surface area contributed by atoms with Crippen LogP contribution in [0.15, 0.2) is 0 Å². The molecule has 1 aliphatic heterocycles. The fourth-order valence-electron chi connectivity index (χ4n) is 5.30. The smallest absolute Gasteiger partial charge is 0.326 e. The Morgan fingerprint density at radius 3 is 1.93 bits per heavy atom. The summed E-state index contributed by atoms with van der Waals surface area (Å²) in [7, 11) is 1.38. The molecule has 1 fully saturated rings. The maximum absolute atomic E-state index is 14.1. The summed E-state index contributed by atoms with van der Waals surface area (Å²) in [5.74, 6) is -7.08. The molecule has 1 heterocycles. The Bertz CT molecular complexity index is 1090. The van der Waals surface area contributed by atoms with Crippen LogP contribution in [0.25, 0.3) is 0 Å². The van der Waals surface area contributed by atoms with Gasteiger partial charge in [0.1, 0.15) is 24.2 Å². The lowest BCUT2D eigenvalue weighted by Gasteiger charge is -2.43. The van der Waals surface area contributed by atoms with Gasteiger partial charge >= 0.3 is 18.0 Å². The van der Waals surface area contributed by atoms with E-state index in [2.05, 4.69) is 26.6 Å². The summed E-state index contributed by atoms with van der Waals surface area (Å²) in [5.41, 5.74) is -0.822. The molecule has 1 saturated heterocycles. The molecule has 45 heavy (non-hydrogen) atoms. The predicted octanol–water partition coefficient (Wildman–Crippen LogP) is 0.817. The van der Waals surface area contributed by atoms with Gasteiger partial charge in [0.15, 0.2) is 0 Å². The lowest BCUT2D eigenvalue weighted by atomic mass is 9.82. The largest absolute Gasteiger partial charge is 0.481 e. The van der Waals surface area contributed by atoms with E-state index in [9.17, 15) is 43.8 Å². The molecule has 0 aliphatic carbocycles. The molecule has 0 aromatic carbocycles. The number of hydrogen-bond acceptors (Lipinski definition) is 7. The van der Waals surface area contributed by atoms with Gasteiger partial charge in [-0.05, 0) is 43.4 Å². The second kappa shape index (κ2) is 17.5. The number of hydrogen-bond donors (Lipinski definition) is 7. The van der Waals surface area contributed by atoms with Gasteiger partial charge in [0.2, 0.25) is 23.6 Å². The van der Waals surface area contributed by atoms with Gasteiger partial charge in [0.05, 0.1) is 12.3 Å². The van der Waals surface area contributed by atoms with E-state index in [0.717, 1.165) is 0 Å². The summed E-state index contributed by atoms with van der Waals surface area (Å²) in [4.78, 5) is 91.6. The lowest BCUT2D eigenvalue weighted by Crippen LogP contribution is -2.66. The standard InChI is InChI=1S/C30H52N6O9/c1-9-17(10-2)32-29(45)35-23(30(5,6)7)27(42)36-13-11-12-18(24(39)31-8)22(36)26(41)33-19(15-21(37)38)25(40)34-20(28(43)44)14-16(3)4/h16-20,22-23H,9-15H2,1-8H3,(H,31,39)(H,33,41)(H,34,40)(H,37,38)(H,43,44)(H2,32,35,45)/t18?,19-,20-,22?,23+/m0/s1. The van der Waals surface area contributed by atoms with E-state index in [0.29, 0.717) is 19.3 Å². The zero-order valence-corrected chi connectivity index (χ0v) is 27.7. The van der Waals surface area contributed by atoms with E-state index in [4.69, 9.17) is 0 Å². The second-order valence-corrected chi connectivity index (χ2v) is 13.0. The molecular weight excluding hydrogens is 588 g/mol. The van der Waals surface area contributed by atoms with Gasteiger partial charge in [-0.2, -0.15) is 0 Å². The minimum absolute atomic E-state index is 0.0537. The number of urea groups is 1. The van der Waals surface area contributed by atoms with Crippen molar-refractivity contribution in [1.29, 1.82) is 0 Å². The number of aliphatic carboxylic acids is 2. The summed E-state index contributed by atoms with van der Waals surface area (Å²) in [6.45, 7) is 12.6. The van der Waals surface area contributed by atoms with Crippen LogP contribution in [-0.2, 0) is 28.8 Å². The van der Waals surface area contributed by atoms with E-state index < -0.39 is 83.5 Å². The predicted molar refractivity (Wildman–Crippen MR) is 165 cm³/mol. The average molecular weight is 641 g/mol. The van der Waals surface area contributed by atoms with Crippen molar-refractivity contribution in [3.05, 3.63) is 0 Å². The number of piperidine rings is 1. The molecule has 5 atom stereocenters. The molecule has 0 saturated carbocycles. The van der Waals surface area contributed by atoms with E-state index in [1.54, 1.807) is 34.6 Å². The van der Waals surface area contributed by atoms with Crippen molar-refractivity contribution >= 4 is 41.6 Å². The molecule has 0 spiro atoms. The van der Waals surface area contributed by atoms with Crippen LogP contribution < -0.4 is 26.6 Å². The van der Waals surface area contributed by atoms with Crippen LogP contribution in [0, 0.1) is 17.3 Å². The first-order valence-corrected chi connectivity index (χ1v) is 15.5. The number of carboxylic acid groups (broad SMARTS) is 2. The number of amides is 6. The minimum Gasteiger partial charge on any atom is -0.481 e. The van der Waals surface area contributed by atoms with Gasteiger partial charge < -0.3 is 41.7 Å². The van der Waals surface area contributed by atoms with Gasteiger partial charge in [0.25, 0.3) is 0 Å². The zero-order valence-electron chi connectivity index (χ0n) is 27.7. The molecular formula is C30H52N6O9. The molecule has 15 heteroatoms. The van der Waals surface area contributed by atoms with Gasteiger partial charge in [-0.3, -0.25) is 24.0 Å². The van der Waals surface area contributed by atoms with Crippen molar-refractivity contribution in [2.45, 2.75) is 117 Å². The van der Waals surface area contributed by atoms with Gasteiger partial charge in [0, 0.05) is 19.6 Å². The molecule has 0 radical (unpaired) electrons. The van der Waals surface area contributed by atoms with E-state index in [1.165, 1.54) is 11.9 Å². The van der Waals surface area contributed by atoms with Gasteiger partial charge in [-0.1, -0.05) is 48.5 Å². The van der Waals surface area contributed by atoms with Crippen molar-refractivity contribution in [3.8, 4) is 0 Å². The highest BCUT2D eigenvalue weighted by atomic mass is 16.4. The monoisotopic (exact) mass is 640 g/mol. The van der Waals surface area contributed by atoms with Crippen molar-refractivity contribution in [2.75, 3.05) is 13.6 Å². The van der Waals surface area contributed by atoms with E-state index >= 15 is 0 Å². The number of nitrogens with zero attached hydrogens (tertiary/aromatic N) is 1.